The van der Waals surface area contributed by atoms with Gasteiger partial charge in [0, 0.05) is 12.0 Å². The van der Waals surface area contributed by atoms with Crippen LogP contribution < -0.4 is 0 Å². The summed E-state index contributed by atoms with van der Waals surface area (Å²) < 4.78 is 0. The number of aliphatic hydroxyl groups excluding tert-OH is 2. The second-order valence-corrected chi connectivity index (χ2v) is 8.57. The van der Waals surface area contributed by atoms with Crippen LogP contribution in [0.5, 0.6) is 0 Å². The minimum absolute atomic E-state index is 0.322. The van der Waals surface area contributed by atoms with Gasteiger partial charge in [0.05, 0.1) is 6.10 Å². The van der Waals surface area contributed by atoms with Crippen LogP contribution in [0.2, 0.25) is 0 Å². The Bertz CT molecular complexity index is 984. The molecule has 0 bridgehead atoms. The molecule has 2 rings (SSSR count). The van der Waals surface area contributed by atoms with Gasteiger partial charge in [0.15, 0.2) is 0 Å². The van der Waals surface area contributed by atoms with E-state index in [1.165, 1.54) is 11.1 Å². The molecule has 2 N–H and O–H groups in total. The van der Waals surface area contributed by atoms with E-state index in [1.807, 2.05) is 39.8 Å². The van der Waals surface area contributed by atoms with Crippen LogP contribution in [0.4, 0.5) is 0 Å². The van der Waals surface area contributed by atoms with Gasteiger partial charge >= 0.3 is 0 Å². The fraction of sp³-hybridized carbons (Fsp3) is 0.379. The Morgan fingerprint density at radius 2 is 1.32 bits per heavy atom. The number of aryl methyl sites for hydroxylation is 6. The van der Waals surface area contributed by atoms with Crippen molar-refractivity contribution < 1.29 is 10.2 Å². The SMILES string of the molecule is C=CCCC=C(C#CCC(O)c1c(C)cc(C)cc1C)C(O)c1c(C)cc(C)cc1C. The zero-order valence-corrected chi connectivity index (χ0v) is 19.8. The zero-order chi connectivity index (χ0) is 23.1. The molecule has 2 aromatic carbocycles. The first-order valence-corrected chi connectivity index (χ1v) is 11.0. The molecular weight excluding hydrogens is 380 g/mol. The van der Waals surface area contributed by atoms with Gasteiger partial charge < -0.3 is 10.2 Å². The molecule has 164 valence electrons. The van der Waals surface area contributed by atoms with Crippen LogP contribution in [0.3, 0.4) is 0 Å². The highest BCUT2D eigenvalue weighted by Crippen LogP contribution is 2.30. The summed E-state index contributed by atoms with van der Waals surface area (Å²) in [6.45, 7) is 16.0. The maximum atomic E-state index is 11.2. The van der Waals surface area contributed by atoms with Crippen molar-refractivity contribution in [1.82, 2.24) is 0 Å². The molecule has 0 aliphatic rings. The molecule has 0 aromatic heterocycles. The highest BCUT2D eigenvalue weighted by Gasteiger charge is 2.18. The summed E-state index contributed by atoms with van der Waals surface area (Å²) in [4.78, 5) is 0. The fourth-order valence-corrected chi connectivity index (χ4v) is 4.43. The van der Waals surface area contributed by atoms with Gasteiger partial charge in [-0.1, -0.05) is 59.4 Å². The molecule has 2 nitrogen and oxygen atoms in total. The maximum Gasteiger partial charge on any atom is 0.112 e. The third-order valence-corrected chi connectivity index (χ3v) is 5.64. The van der Waals surface area contributed by atoms with Crippen LogP contribution in [0.25, 0.3) is 0 Å². The van der Waals surface area contributed by atoms with Crippen LogP contribution in [0.1, 0.15) is 76.0 Å². The lowest BCUT2D eigenvalue weighted by Gasteiger charge is -2.18. The van der Waals surface area contributed by atoms with E-state index in [0.29, 0.717) is 12.0 Å². The highest BCUT2D eigenvalue weighted by molar-refractivity contribution is 5.46. The fourth-order valence-electron chi connectivity index (χ4n) is 4.43. The van der Waals surface area contributed by atoms with Crippen molar-refractivity contribution in [2.45, 2.75) is 73.0 Å². The van der Waals surface area contributed by atoms with E-state index in [9.17, 15) is 10.2 Å². The highest BCUT2D eigenvalue weighted by atomic mass is 16.3. The van der Waals surface area contributed by atoms with Gasteiger partial charge in [-0.25, -0.2) is 0 Å². The number of allylic oxidation sites excluding steroid dienone is 2. The van der Waals surface area contributed by atoms with Gasteiger partial charge in [0.2, 0.25) is 0 Å². The van der Waals surface area contributed by atoms with Gasteiger partial charge in [0.1, 0.15) is 6.10 Å². The van der Waals surface area contributed by atoms with E-state index in [-0.39, 0.29) is 0 Å². The van der Waals surface area contributed by atoms with Crippen molar-refractivity contribution in [3.63, 3.8) is 0 Å². The Balaban J connectivity index is 2.32. The van der Waals surface area contributed by atoms with E-state index in [1.54, 1.807) is 0 Å². The molecule has 2 heteroatoms. The van der Waals surface area contributed by atoms with Crippen molar-refractivity contribution >= 4 is 0 Å². The average Bonchev–Trinajstić information content (AvgIpc) is 2.65. The van der Waals surface area contributed by atoms with Crippen LogP contribution in [-0.2, 0) is 0 Å². The minimum Gasteiger partial charge on any atom is -0.387 e. The smallest absolute Gasteiger partial charge is 0.112 e. The Morgan fingerprint density at radius 1 is 0.839 bits per heavy atom. The molecule has 0 amide bonds. The Kier molecular flexibility index (Phi) is 8.87. The van der Waals surface area contributed by atoms with Crippen molar-refractivity contribution in [2.24, 2.45) is 0 Å². The summed E-state index contributed by atoms with van der Waals surface area (Å²) in [5, 5.41) is 22.0. The molecule has 0 aliphatic heterocycles. The molecule has 0 fully saturated rings. The predicted octanol–water partition coefficient (Wildman–Crippen LogP) is 6.59. The third kappa shape index (κ3) is 6.44. The number of aliphatic hydroxyl groups is 2. The number of hydrogen-bond acceptors (Lipinski definition) is 2. The summed E-state index contributed by atoms with van der Waals surface area (Å²) in [6, 6.07) is 8.36. The number of rotatable bonds is 7. The van der Waals surface area contributed by atoms with Crippen LogP contribution in [0, 0.1) is 53.4 Å². The Labute approximate surface area is 188 Å². The molecule has 0 heterocycles. The predicted molar refractivity (Wildman–Crippen MR) is 131 cm³/mol. The maximum absolute atomic E-state index is 11.2. The topological polar surface area (TPSA) is 40.5 Å². The number of hydrogen-bond donors (Lipinski definition) is 2. The van der Waals surface area contributed by atoms with Gasteiger partial charge in [-0.05, 0) is 87.8 Å². The average molecular weight is 417 g/mol. The molecule has 2 unspecified atom stereocenters. The molecule has 0 saturated heterocycles. The molecule has 0 aliphatic carbocycles. The van der Waals surface area contributed by atoms with Crippen LogP contribution >= 0.6 is 0 Å². The minimum atomic E-state index is -0.780. The second-order valence-electron chi connectivity index (χ2n) is 8.57. The lowest BCUT2D eigenvalue weighted by molar-refractivity contribution is 0.182. The lowest BCUT2D eigenvalue weighted by atomic mass is 9.91. The first kappa shape index (κ1) is 24.7. The first-order chi connectivity index (χ1) is 14.6. The molecule has 0 spiro atoms. The van der Waals surface area contributed by atoms with Crippen molar-refractivity contribution in [3.8, 4) is 11.8 Å². The zero-order valence-electron chi connectivity index (χ0n) is 19.8. The van der Waals surface area contributed by atoms with Crippen LogP contribution in [0.15, 0.2) is 48.6 Å². The van der Waals surface area contributed by atoms with E-state index < -0.39 is 12.2 Å². The Hall–Kier alpha value is -2.60. The summed E-state index contributed by atoms with van der Waals surface area (Å²) in [5.41, 5.74) is 9.20. The van der Waals surface area contributed by atoms with E-state index in [4.69, 9.17) is 0 Å². The summed E-state index contributed by atoms with van der Waals surface area (Å²) in [5.74, 6) is 6.29. The molecule has 2 aromatic rings. The standard InChI is InChI=1S/C29H36O2/c1-8-9-10-12-25(29(31)28-23(6)17-20(3)18-24(28)7)13-11-14-26(30)27-21(4)15-19(2)16-22(27)5/h8,12,15-18,26,29-31H,1,9-10,14H2,2-7H3. The largest absolute Gasteiger partial charge is 0.387 e. The van der Waals surface area contributed by atoms with Gasteiger partial charge in [0.25, 0.3) is 0 Å². The van der Waals surface area contributed by atoms with Crippen LogP contribution in [-0.4, -0.2) is 10.2 Å². The van der Waals surface area contributed by atoms with E-state index >= 15 is 0 Å². The van der Waals surface area contributed by atoms with E-state index in [2.05, 4.69) is 56.5 Å². The summed E-state index contributed by atoms with van der Waals surface area (Å²) in [7, 11) is 0. The van der Waals surface area contributed by atoms with Crippen molar-refractivity contribution in [3.05, 3.63) is 93.1 Å². The summed E-state index contributed by atoms with van der Waals surface area (Å²) in [6.07, 6.45) is 4.35. The molecule has 2 atom stereocenters. The van der Waals surface area contributed by atoms with Gasteiger partial charge in [-0.15, -0.1) is 6.58 Å². The monoisotopic (exact) mass is 416 g/mol. The molecular formula is C29H36O2. The normalized spacial score (nSPS) is 13.4. The van der Waals surface area contributed by atoms with Crippen molar-refractivity contribution in [1.29, 1.82) is 0 Å². The number of unbranched alkanes of at least 4 members (excludes halogenated alkanes) is 1. The molecule has 31 heavy (non-hydrogen) atoms. The third-order valence-electron chi connectivity index (χ3n) is 5.64. The van der Waals surface area contributed by atoms with Gasteiger partial charge in [-0.3, -0.25) is 0 Å². The van der Waals surface area contributed by atoms with Gasteiger partial charge in [-0.2, -0.15) is 0 Å². The molecule has 0 saturated carbocycles. The Morgan fingerprint density at radius 3 is 1.81 bits per heavy atom. The lowest BCUT2D eigenvalue weighted by Crippen LogP contribution is -2.06. The molecule has 0 radical (unpaired) electrons. The van der Waals surface area contributed by atoms with Crippen molar-refractivity contribution in [2.75, 3.05) is 0 Å². The number of benzene rings is 2. The van der Waals surface area contributed by atoms with E-state index in [0.717, 1.165) is 46.2 Å². The first-order valence-electron chi connectivity index (χ1n) is 11.0. The quantitative estimate of drug-likeness (QED) is 0.304. The summed E-state index contributed by atoms with van der Waals surface area (Å²) >= 11 is 0. The second kappa shape index (κ2) is 11.1.